The van der Waals surface area contributed by atoms with Gasteiger partial charge < -0.3 is 10.5 Å². The normalized spacial score (nSPS) is 14.8. The van der Waals surface area contributed by atoms with E-state index in [2.05, 4.69) is 32.9 Å². The van der Waals surface area contributed by atoms with Crippen LogP contribution in [0.1, 0.15) is 30.5 Å². The van der Waals surface area contributed by atoms with Crippen LogP contribution in [0.5, 0.6) is 5.75 Å². The molecule has 84 valence electrons. The van der Waals surface area contributed by atoms with Crippen molar-refractivity contribution in [3.05, 3.63) is 28.8 Å². The van der Waals surface area contributed by atoms with E-state index in [9.17, 15) is 0 Å². The molecule has 0 saturated carbocycles. The van der Waals surface area contributed by atoms with Gasteiger partial charge in [-0.15, -0.1) is 0 Å². The first kappa shape index (κ1) is 12.1. The molecule has 1 aromatic carbocycles. The van der Waals surface area contributed by atoms with Crippen molar-refractivity contribution in [2.45, 2.75) is 46.8 Å². The van der Waals surface area contributed by atoms with Crippen LogP contribution in [-0.2, 0) is 0 Å². The maximum atomic E-state index is 5.84. The molecule has 0 aliphatic carbocycles. The average Bonchev–Trinajstić information content (AvgIpc) is 2.13. The summed E-state index contributed by atoms with van der Waals surface area (Å²) in [5.74, 6) is 0.956. The summed E-state index contributed by atoms with van der Waals surface area (Å²) in [7, 11) is 0. The summed E-state index contributed by atoms with van der Waals surface area (Å²) in [6, 6.07) is 4.28. The van der Waals surface area contributed by atoms with E-state index in [1.54, 1.807) is 0 Å². The van der Waals surface area contributed by atoms with Crippen molar-refractivity contribution in [1.82, 2.24) is 0 Å². The maximum absolute atomic E-state index is 5.84. The minimum absolute atomic E-state index is 0.0462. The molecule has 2 N–H and O–H groups in total. The van der Waals surface area contributed by atoms with Gasteiger partial charge in [-0.25, -0.2) is 0 Å². The molecule has 0 aliphatic rings. The van der Waals surface area contributed by atoms with E-state index in [4.69, 9.17) is 10.5 Å². The largest absolute Gasteiger partial charge is 0.489 e. The van der Waals surface area contributed by atoms with Gasteiger partial charge in [0.25, 0.3) is 0 Å². The van der Waals surface area contributed by atoms with Crippen LogP contribution in [0.15, 0.2) is 12.1 Å². The first-order valence-electron chi connectivity index (χ1n) is 5.42. The van der Waals surface area contributed by atoms with Gasteiger partial charge in [0.2, 0.25) is 0 Å². The van der Waals surface area contributed by atoms with E-state index in [1.807, 2.05) is 13.8 Å². The highest BCUT2D eigenvalue weighted by atomic mass is 16.5. The zero-order valence-electron chi connectivity index (χ0n) is 10.3. The van der Waals surface area contributed by atoms with Crippen molar-refractivity contribution in [3.63, 3.8) is 0 Å². The van der Waals surface area contributed by atoms with Crippen LogP contribution in [0.3, 0.4) is 0 Å². The molecule has 0 bridgehead atoms. The Morgan fingerprint density at radius 1 is 1.13 bits per heavy atom. The number of ether oxygens (including phenoxy) is 1. The van der Waals surface area contributed by atoms with Crippen molar-refractivity contribution in [1.29, 1.82) is 0 Å². The maximum Gasteiger partial charge on any atom is 0.123 e. The number of hydrogen-bond donors (Lipinski definition) is 1. The Hall–Kier alpha value is -1.02. The first-order valence-corrected chi connectivity index (χ1v) is 5.42. The van der Waals surface area contributed by atoms with Crippen LogP contribution in [0.2, 0.25) is 0 Å². The lowest BCUT2D eigenvalue weighted by Gasteiger charge is -2.20. The predicted molar refractivity (Wildman–Crippen MR) is 64.4 cm³/mol. The Morgan fingerprint density at radius 2 is 1.73 bits per heavy atom. The minimum Gasteiger partial charge on any atom is -0.489 e. The monoisotopic (exact) mass is 207 g/mol. The van der Waals surface area contributed by atoms with Crippen LogP contribution in [0.4, 0.5) is 0 Å². The van der Waals surface area contributed by atoms with E-state index >= 15 is 0 Å². The second kappa shape index (κ2) is 4.67. The first-order chi connectivity index (χ1) is 6.91. The summed E-state index contributed by atoms with van der Waals surface area (Å²) in [5, 5.41) is 0. The van der Waals surface area contributed by atoms with E-state index in [0.717, 1.165) is 5.75 Å². The quantitative estimate of drug-likeness (QED) is 0.827. The van der Waals surface area contributed by atoms with Gasteiger partial charge in [-0.05, 0) is 57.4 Å². The van der Waals surface area contributed by atoms with Crippen molar-refractivity contribution >= 4 is 0 Å². The van der Waals surface area contributed by atoms with E-state index in [-0.39, 0.29) is 12.1 Å². The van der Waals surface area contributed by atoms with Crippen LogP contribution < -0.4 is 10.5 Å². The molecular formula is C13H21NO. The predicted octanol–water partition coefficient (Wildman–Crippen LogP) is 2.73. The molecule has 2 atom stereocenters. The smallest absolute Gasteiger partial charge is 0.123 e. The van der Waals surface area contributed by atoms with E-state index in [1.165, 1.54) is 16.7 Å². The molecule has 0 radical (unpaired) electrons. The molecular weight excluding hydrogens is 186 g/mol. The van der Waals surface area contributed by atoms with Crippen molar-refractivity contribution < 1.29 is 4.74 Å². The minimum atomic E-state index is 0.0462. The van der Waals surface area contributed by atoms with Gasteiger partial charge in [-0.2, -0.15) is 0 Å². The summed E-state index contributed by atoms with van der Waals surface area (Å²) in [5.41, 5.74) is 9.48. The Labute approximate surface area is 92.4 Å². The molecule has 1 rings (SSSR count). The molecule has 15 heavy (non-hydrogen) atoms. The number of rotatable bonds is 3. The van der Waals surface area contributed by atoms with Crippen LogP contribution in [-0.4, -0.2) is 12.1 Å². The molecule has 0 amide bonds. The van der Waals surface area contributed by atoms with Gasteiger partial charge in [-0.1, -0.05) is 6.07 Å². The van der Waals surface area contributed by atoms with Crippen molar-refractivity contribution in [3.8, 4) is 5.75 Å². The molecule has 2 heteroatoms. The van der Waals surface area contributed by atoms with Gasteiger partial charge in [0.05, 0.1) is 0 Å². The molecule has 1 aromatic rings. The number of nitrogens with two attached hydrogens (primary N) is 1. The molecule has 0 aliphatic heterocycles. The van der Waals surface area contributed by atoms with Crippen molar-refractivity contribution in [2.24, 2.45) is 5.73 Å². The van der Waals surface area contributed by atoms with Crippen molar-refractivity contribution in [2.75, 3.05) is 0 Å². The second-order valence-electron chi connectivity index (χ2n) is 4.39. The summed E-state index contributed by atoms with van der Waals surface area (Å²) >= 11 is 0. The van der Waals surface area contributed by atoms with Gasteiger partial charge in [0, 0.05) is 6.04 Å². The summed E-state index contributed by atoms with van der Waals surface area (Å²) in [6.07, 6.45) is 0.0462. The molecule has 0 saturated heterocycles. The summed E-state index contributed by atoms with van der Waals surface area (Å²) < 4.78 is 5.84. The highest BCUT2D eigenvalue weighted by Crippen LogP contribution is 2.24. The third-order valence-corrected chi connectivity index (χ3v) is 2.82. The number of aryl methyl sites for hydroxylation is 2. The van der Waals surface area contributed by atoms with Gasteiger partial charge in [-0.3, -0.25) is 0 Å². The molecule has 0 fully saturated rings. The Morgan fingerprint density at radius 3 is 2.27 bits per heavy atom. The molecule has 0 heterocycles. The Bertz CT molecular complexity index is 345. The third kappa shape index (κ3) is 2.96. The fourth-order valence-electron chi connectivity index (χ4n) is 1.43. The molecule has 0 spiro atoms. The van der Waals surface area contributed by atoms with Gasteiger partial charge in [0.1, 0.15) is 11.9 Å². The zero-order valence-corrected chi connectivity index (χ0v) is 10.3. The SMILES string of the molecule is Cc1cc(C)c(C)c(OC(C)[C@@H](C)N)c1. The summed E-state index contributed by atoms with van der Waals surface area (Å²) in [4.78, 5) is 0. The third-order valence-electron chi connectivity index (χ3n) is 2.82. The van der Waals surface area contributed by atoms with Gasteiger partial charge in [0.15, 0.2) is 0 Å². The lowest BCUT2D eigenvalue weighted by atomic mass is 10.1. The molecule has 2 nitrogen and oxygen atoms in total. The highest BCUT2D eigenvalue weighted by molar-refractivity contribution is 5.42. The van der Waals surface area contributed by atoms with Crippen LogP contribution in [0.25, 0.3) is 0 Å². The Kier molecular flexibility index (Phi) is 3.75. The number of benzene rings is 1. The summed E-state index contributed by atoms with van der Waals surface area (Å²) in [6.45, 7) is 10.2. The fraction of sp³-hybridized carbons (Fsp3) is 0.538. The fourth-order valence-corrected chi connectivity index (χ4v) is 1.43. The molecule has 0 aromatic heterocycles. The standard InChI is InChI=1S/C13H21NO/c1-8-6-9(2)10(3)13(7-8)15-12(5)11(4)14/h6-7,11-12H,14H2,1-5H3/t11-,12?/m1/s1. The van der Waals surface area contributed by atoms with E-state index in [0.29, 0.717) is 0 Å². The number of hydrogen-bond acceptors (Lipinski definition) is 2. The van der Waals surface area contributed by atoms with Crippen LogP contribution in [0, 0.1) is 20.8 Å². The van der Waals surface area contributed by atoms with Crippen LogP contribution >= 0.6 is 0 Å². The average molecular weight is 207 g/mol. The molecule has 1 unspecified atom stereocenters. The topological polar surface area (TPSA) is 35.2 Å². The highest BCUT2D eigenvalue weighted by Gasteiger charge is 2.11. The lowest BCUT2D eigenvalue weighted by molar-refractivity contribution is 0.195. The second-order valence-corrected chi connectivity index (χ2v) is 4.39. The zero-order chi connectivity index (χ0) is 11.6. The van der Waals surface area contributed by atoms with Gasteiger partial charge >= 0.3 is 0 Å². The van der Waals surface area contributed by atoms with E-state index < -0.39 is 0 Å². The lowest BCUT2D eigenvalue weighted by Crippen LogP contribution is -2.33. The Balaban J connectivity index is 2.94.